The molecule has 1 aliphatic heterocycles. The Hall–Kier alpha value is -3.27. The Morgan fingerprint density at radius 3 is 2.32 bits per heavy atom. The molecule has 0 aromatic heterocycles. The zero-order valence-corrected chi connectivity index (χ0v) is 20.9. The van der Waals surface area contributed by atoms with Crippen molar-refractivity contribution in [2.75, 3.05) is 23.9 Å². The number of ether oxygens (including phenoxy) is 2. The number of nitrogens with one attached hydrogen (secondary N) is 1. The maximum atomic E-state index is 13.5. The highest BCUT2D eigenvalue weighted by Crippen LogP contribution is 2.36. The molecule has 2 aromatic carbocycles. The van der Waals surface area contributed by atoms with Crippen molar-refractivity contribution >= 4 is 27.5 Å². The van der Waals surface area contributed by atoms with Crippen LogP contribution >= 0.6 is 0 Å². The van der Waals surface area contributed by atoms with Crippen molar-refractivity contribution in [3.63, 3.8) is 0 Å². The lowest BCUT2D eigenvalue weighted by atomic mass is 10.1. The number of amides is 2. The Balaban J connectivity index is 1.90. The molecular formula is C24H31N3O6S. The van der Waals surface area contributed by atoms with Crippen molar-refractivity contribution in [1.82, 2.24) is 10.2 Å². The Morgan fingerprint density at radius 2 is 1.71 bits per heavy atom. The van der Waals surface area contributed by atoms with Crippen LogP contribution in [0.3, 0.4) is 0 Å². The van der Waals surface area contributed by atoms with E-state index in [9.17, 15) is 18.0 Å². The molecule has 0 saturated carbocycles. The van der Waals surface area contributed by atoms with Crippen LogP contribution in [0.25, 0.3) is 0 Å². The largest absolute Gasteiger partial charge is 0.454 e. The molecule has 1 atom stereocenters. The summed E-state index contributed by atoms with van der Waals surface area (Å²) < 4.78 is 36.9. The lowest BCUT2D eigenvalue weighted by Crippen LogP contribution is -2.54. The molecule has 0 radical (unpaired) electrons. The number of carbonyl (C=O) groups is 2. The molecule has 0 aliphatic carbocycles. The van der Waals surface area contributed by atoms with E-state index >= 15 is 0 Å². The highest BCUT2D eigenvalue weighted by Gasteiger charge is 2.31. The van der Waals surface area contributed by atoms with Crippen LogP contribution in [0.15, 0.2) is 48.5 Å². The number of fused-ring (bicyclic) bond motifs is 1. The molecule has 0 spiro atoms. The van der Waals surface area contributed by atoms with Gasteiger partial charge in [0.25, 0.3) is 0 Å². The number of rotatable bonds is 8. The van der Waals surface area contributed by atoms with Crippen LogP contribution in [0.5, 0.6) is 11.5 Å². The molecule has 0 fully saturated rings. The Morgan fingerprint density at radius 1 is 1.06 bits per heavy atom. The molecule has 0 saturated heterocycles. The molecule has 0 unspecified atom stereocenters. The maximum absolute atomic E-state index is 13.5. The summed E-state index contributed by atoms with van der Waals surface area (Å²) in [7, 11) is -3.82. The Kier molecular flexibility index (Phi) is 7.40. The number of benzene rings is 2. The molecule has 9 nitrogen and oxygen atoms in total. The lowest BCUT2D eigenvalue weighted by Gasteiger charge is -2.33. The van der Waals surface area contributed by atoms with Gasteiger partial charge in [-0.15, -0.1) is 0 Å². The molecule has 1 N–H and O–H groups in total. The molecule has 3 rings (SSSR count). The summed E-state index contributed by atoms with van der Waals surface area (Å²) in [6.07, 6.45) is 1.03. The van der Waals surface area contributed by atoms with Crippen molar-refractivity contribution in [3.05, 3.63) is 54.1 Å². The Bertz CT molecular complexity index is 1150. The fourth-order valence-electron chi connectivity index (χ4n) is 3.49. The number of carbonyl (C=O) groups excluding carboxylic acids is 2. The van der Waals surface area contributed by atoms with Crippen LogP contribution in [-0.4, -0.2) is 56.3 Å². The second-order valence-electron chi connectivity index (χ2n) is 9.23. The molecule has 2 amide bonds. The first-order valence-electron chi connectivity index (χ1n) is 10.9. The molecule has 184 valence electrons. The number of anilines is 1. The van der Waals surface area contributed by atoms with E-state index in [2.05, 4.69) is 5.32 Å². The van der Waals surface area contributed by atoms with Crippen molar-refractivity contribution in [2.24, 2.45) is 0 Å². The van der Waals surface area contributed by atoms with Gasteiger partial charge < -0.3 is 19.7 Å². The third kappa shape index (κ3) is 6.40. The van der Waals surface area contributed by atoms with E-state index in [4.69, 9.17) is 9.47 Å². The monoisotopic (exact) mass is 489 g/mol. The second-order valence-corrected chi connectivity index (χ2v) is 11.1. The minimum absolute atomic E-state index is 0.0435. The first kappa shape index (κ1) is 25.4. The Labute approximate surface area is 200 Å². The summed E-state index contributed by atoms with van der Waals surface area (Å²) >= 11 is 0. The van der Waals surface area contributed by atoms with Gasteiger partial charge in [0.2, 0.25) is 28.6 Å². The van der Waals surface area contributed by atoms with Gasteiger partial charge in [-0.3, -0.25) is 13.9 Å². The van der Waals surface area contributed by atoms with Crippen LogP contribution in [0.4, 0.5) is 5.69 Å². The average molecular weight is 490 g/mol. The highest BCUT2D eigenvalue weighted by atomic mass is 32.2. The van der Waals surface area contributed by atoms with Crippen molar-refractivity contribution in [3.8, 4) is 11.5 Å². The van der Waals surface area contributed by atoms with E-state index in [1.807, 2.05) is 51.1 Å². The van der Waals surface area contributed by atoms with Gasteiger partial charge >= 0.3 is 0 Å². The van der Waals surface area contributed by atoms with E-state index in [-0.39, 0.29) is 24.9 Å². The van der Waals surface area contributed by atoms with Gasteiger partial charge in [0, 0.05) is 18.2 Å². The average Bonchev–Trinajstić information content (AvgIpc) is 3.21. The molecule has 1 heterocycles. The fourth-order valence-corrected chi connectivity index (χ4v) is 4.33. The molecule has 34 heavy (non-hydrogen) atoms. The van der Waals surface area contributed by atoms with E-state index < -0.39 is 34.1 Å². The number of sulfonamides is 1. The van der Waals surface area contributed by atoms with E-state index in [0.717, 1.165) is 16.1 Å². The minimum Gasteiger partial charge on any atom is -0.454 e. The quantitative estimate of drug-likeness (QED) is 0.611. The van der Waals surface area contributed by atoms with Crippen LogP contribution < -0.4 is 19.1 Å². The van der Waals surface area contributed by atoms with Gasteiger partial charge in [0.05, 0.1) is 11.9 Å². The SMILES string of the molecule is C[C@H](C(=O)NC(C)(C)C)N(Cc1ccccc1)C(=O)CN(c1ccc2c(c1)OCO2)S(C)(=O)=O. The summed E-state index contributed by atoms with van der Waals surface area (Å²) in [6, 6.07) is 13.1. The summed E-state index contributed by atoms with van der Waals surface area (Å²) in [4.78, 5) is 27.8. The van der Waals surface area contributed by atoms with Crippen molar-refractivity contribution in [1.29, 1.82) is 0 Å². The number of hydrogen-bond acceptors (Lipinski definition) is 6. The molecule has 0 bridgehead atoms. The van der Waals surface area contributed by atoms with Gasteiger partial charge in [-0.05, 0) is 45.4 Å². The van der Waals surface area contributed by atoms with E-state index in [1.165, 1.54) is 11.0 Å². The first-order chi connectivity index (χ1) is 15.8. The van der Waals surface area contributed by atoms with Gasteiger partial charge in [0.1, 0.15) is 12.6 Å². The van der Waals surface area contributed by atoms with E-state index in [0.29, 0.717) is 11.5 Å². The van der Waals surface area contributed by atoms with Gasteiger partial charge in [-0.1, -0.05) is 30.3 Å². The third-order valence-corrected chi connectivity index (χ3v) is 6.33. The van der Waals surface area contributed by atoms with Crippen molar-refractivity contribution < 1.29 is 27.5 Å². The zero-order chi connectivity index (χ0) is 25.1. The van der Waals surface area contributed by atoms with Gasteiger partial charge in [-0.2, -0.15) is 0 Å². The standard InChI is InChI=1S/C24H31N3O6S/c1-17(23(29)25-24(2,3)4)26(14-18-9-7-6-8-10-18)22(28)15-27(34(5,30)31)19-11-12-20-21(13-19)33-16-32-20/h6-13,17H,14-16H2,1-5H3,(H,25,29)/t17-/m1/s1. The van der Waals surface area contributed by atoms with Crippen LogP contribution in [0.1, 0.15) is 33.3 Å². The zero-order valence-electron chi connectivity index (χ0n) is 20.1. The van der Waals surface area contributed by atoms with Crippen LogP contribution in [-0.2, 0) is 26.2 Å². The van der Waals surface area contributed by atoms with Crippen molar-refractivity contribution in [2.45, 2.75) is 45.8 Å². The van der Waals surface area contributed by atoms with Gasteiger partial charge in [-0.25, -0.2) is 8.42 Å². The summed E-state index contributed by atoms with van der Waals surface area (Å²) in [5, 5.41) is 2.89. The molecule has 10 heteroatoms. The summed E-state index contributed by atoms with van der Waals surface area (Å²) in [5.74, 6) is 0.0636. The molecule has 1 aliphatic rings. The number of hydrogen-bond donors (Lipinski definition) is 1. The third-order valence-electron chi connectivity index (χ3n) is 5.18. The predicted molar refractivity (Wildman–Crippen MR) is 129 cm³/mol. The summed E-state index contributed by atoms with van der Waals surface area (Å²) in [6.45, 7) is 6.91. The predicted octanol–water partition coefficient (Wildman–Crippen LogP) is 2.51. The smallest absolute Gasteiger partial charge is 0.244 e. The topological polar surface area (TPSA) is 105 Å². The minimum atomic E-state index is -3.82. The second kappa shape index (κ2) is 9.92. The fraction of sp³-hybridized carbons (Fsp3) is 0.417. The number of nitrogens with zero attached hydrogens (tertiary/aromatic N) is 2. The lowest BCUT2D eigenvalue weighted by molar-refractivity contribution is -0.140. The molecule has 2 aromatic rings. The van der Waals surface area contributed by atoms with Crippen LogP contribution in [0, 0.1) is 0 Å². The summed E-state index contributed by atoms with van der Waals surface area (Å²) in [5.41, 5.74) is 0.602. The first-order valence-corrected chi connectivity index (χ1v) is 12.7. The van der Waals surface area contributed by atoms with E-state index in [1.54, 1.807) is 19.1 Å². The maximum Gasteiger partial charge on any atom is 0.244 e. The normalized spacial score (nSPS) is 13.8. The van der Waals surface area contributed by atoms with Crippen LogP contribution in [0.2, 0.25) is 0 Å². The molecular weight excluding hydrogens is 458 g/mol. The van der Waals surface area contributed by atoms with Gasteiger partial charge in [0.15, 0.2) is 11.5 Å². The highest BCUT2D eigenvalue weighted by molar-refractivity contribution is 7.92.